The third kappa shape index (κ3) is 1.75. The van der Waals surface area contributed by atoms with Gasteiger partial charge in [0.15, 0.2) is 0 Å². The van der Waals surface area contributed by atoms with Crippen LogP contribution in [0.4, 0.5) is 4.39 Å². The molecule has 3 heteroatoms. The molecule has 0 bridgehead atoms. The van der Waals surface area contributed by atoms with Gasteiger partial charge in [0.2, 0.25) is 0 Å². The number of alkyl halides is 1. The van der Waals surface area contributed by atoms with Crippen LogP contribution in [0.25, 0.3) is 0 Å². The molecule has 0 spiro atoms. The SMILES string of the molecule is Cc1csc(CCF)n1. The topological polar surface area (TPSA) is 12.9 Å². The second-order valence-corrected chi connectivity index (χ2v) is 2.76. The molecule has 0 fully saturated rings. The molecule has 0 saturated heterocycles. The summed E-state index contributed by atoms with van der Waals surface area (Å²) in [4.78, 5) is 4.08. The van der Waals surface area contributed by atoms with Crippen molar-refractivity contribution >= 4 is 11.3 Å². The molecule has 0 N–H and O–H groups in total. The van der Waals surface area contributed by atoms with E-state index in [2.05, 4.69) is 4.98 Å². The van der Waals surface area contributed by atoms with Crippen molar-refractivity contribution in [3.8, 4) is 0 Å². The van der Waals surface area contributed by atoms with Crippen LogP contribution in [0.3, 0.4) is 0 Å². The third-order valence-corrected chi connectivity index (χ3v) is 2.00. The highest BCUT2D eigenvalue weighted by Gasteiger charge is 1.95. The van der Waals surface area contributed by atoms with E-state index in [-0.39, 0.29) is 6.67 Å². The Bertz CT molecular complexity index is 185. The molecular formula is C6H8FNS. The van der Waals surface area contributed by atoms with Crippen molar-refractivity contribution in [1.29, 1.82) is 0 Å². The van der Waals surface area contributed by atoms with Crippen LogP contribution < -0.4 is 0 Å². The monoisotopic (exact) mass is 145 g/mol. The molecule has 0 amide bonds. The largest absolute Gasteiger partial charge is 0.251 e. The highest BCUT2D eigenvalue weighted by atomic mass is 32.1. The molecule has 0 aliphatic carbocycles. The minimum absolute atomic E-state index is 0.299. The van der Waals surface area contributed by atoms with Crippen LogP contribution in [0.1, 0.15) is 10.7 Å². The maximum atomic E-state index is 11.7. The minimum atomic E-state index is -0.299. The summed E-state index contributed by atoms with van der Waals surface area (Å²) in [6.45, 7) is 1.62. The van der Waals surface area contributed by atoms with Crippen LogP contribution in [-0.4, -0.2) is 11.7 Å². The number of hydrogen-bond donors (Lipinski definition) is 0. The summed E-state index contributed by atoms with van der Waals surface area (Å²) in [7, 11) is 0. The van der Waals surface area contributed by atoms with Gasteiger partial charge in [0.1, 0.15) is 0 Å². The van der Waals surface area contributed by atoms with Crippen molar-refractivity contribution in [1.82, 2.24) is 4.98 Å². The van der Waals surface area contributed by atoms with Crippen molar-refractivity contribution in [2.24, 2.45) is 0 Å². The fraction of sp³-hybridized carbons (Fsp3) is 0.500. The fourth-order valence-electron chi connectivity index (χ4n) is 0.598. The van der Waals surface area contributed by atoms with Gasteiger partial charge in [-0.2, -0.15) is 0 Å². The van der Waals surface area contributed by atoms with Gasteiger partial charge in [-0.3, -0.25) is 4.39 Å². The van der Waals surface area contributed by atoms with E-state index in [1.165, 1.54) is 11.3 Å². The molecule has 0 unspecified atom stereocenters. The normalized spacial score (nSPS) is 10.0. The molecule has 50 valence electrons. The van der Waals surface area contributed by atoms with E-state index in [9.17, 15) is 4.39 Å². The average molecular weight is 145 g/mol. The molecule has 0 radical (unpaired) electrons. The second kappa shape index (κ2) is 2.92. The van der Waals surface area contributed by atoms with Gasteiger partial charge in [-0.25, -0.2) is 4.98 Å². The van der Waals surface area contributed by atoms with E-state index in [4.69, 9.17) is 0 Å². The van der Waals surface area contributed by atoms with Crippen molar-refractivity contribution in [3.63, 3.8) is 0 Å². The number of rotatable bonds is 2. The van der Waals surface area contributed by atoms with Gasteiger partial charge in [0.25, 0.3) is 0 Å². The summed E-state index contributed by atoms with van der Waals surface area (Å²) in [6, 6.07) is 0. The molecular weight excluding hydrogens is 137 g/mol. The van der Waals surface area contributed by atoms with Crippen LogP contribution in [0.15, 0.2) is 5.38 Å². The van der Waals surface area contributed by atoms with Crippen molar-refractivity contribution < 1.29 is 4.39 Å². The number of nitrogens with zero attached hydrogens (tertiary/aromatic N) is 1. The number of thiazole rings is 1. The van der Waals surface area contributed by atoms with Crippen LogP contribution in [0, 0.1) is 6.92 Å². The summed E-state index contributed by atoms with van der Waals surface area (Å²) in [6.07, 6.45) is 0.471. The second-order valence-electron chi connectivity index (χ2n) is 1.82. The molecule has 1 rings (SSSR count). The van der Waals surface area contributed by atoms with Gasteiger partial charge in [-0.15, -0.1) is 11.3 Å². The Balaban J connectivity index is 2.61. The van der Waals surface area contributed by atoms with Gasteiger partial charge in [-0.05, 0) is 6.92 Å². The van der Waals surface area contributed by atoms with E-state index >= 15 is 0 Å². The van der Waals surface area contributed by atoms with E-state index in [1.54, 1.807) is 0 Å². The lowest BCUT2D eigenvalue weighted by Crippen LogP contribution is -1.83. The van der Waals surface area contributed by atoms with Crippen LogP contribution in [-0.2, 0) is 6.42 Å². The molecule has 0 saturated carbocycles. The molecule has 1 heterocycles. The lowest BCUT2D eigenvalue weighted by atomic mass is 10.5. The zero-order valence-corrected chi connectivity index (χ0v) is 6.04. The Morgan fingerprint density at radius 1 is 1.78 bits per heavy atom. The third-order valence-electron chi connectivity index (χ3n) is 0.975. The van der Waals surface area contributed by atoms with Crippen LogP contribution >= 0.6 is 11.3 Å². The Hall–Kier alpha value is -0.440. The van der Waals surface area contributed by atoms with E-state index in [0.717, 1.165) is 10.7 Å². The first-order valence-electron chi connectivity index (χ1n) is 2.80. The molecule has 0 aliphatic rings. The van der Waals surface area contributed by atoms with E-state index in [1.807, 2.05) is 12.3 Å². The quantitative estimate of drug-likeness (QED) is 0.620. The van der Waals surface area contributed by atoms with Gasteiger partial charge in [-0.1, -0.05) is 0 Å². The first-order valence-corrected chi connectivity index (χ1v) is 3.68. The molecule has 0 aliphatic heterocycles. The maximum Gasteiger partial charge on any atom is 0.0958 e. The van der Waals surface area contributed by atoms with E-state index in [0.29, 0.717) is 6.42 Å². The predicted molar refractivity (Wildman–Crippen MR) is 36.5 cm³/mol. The molecule has 1 nitrogen and oxygen atoms in total. The van der Waals surface area contributed by atoms with Crippen LogP contribution in [0.2, 0.25) is 0 Å². The van der Waals surface area contributed by atoms with Crippen molar-refractivity contribution in [3.05, 3.63) is 16.1 Å². The Kier molecular flexibility index (Phi) is 2.16. The fourth-order valence-corrected chi connectivity index (χ4v) is 1.35. The van der Waals surface area contributed by atoms with Gasteiger partial charge >= 0.3 is 0 Å². The highest BCUT2D eigenvalue weighted by Crippen LogP contribution is 2.08. The van der Waals surface area contributed by atoms with Gasteiger partial charge in [0, 0.05) is 17.5 Å². The lowest BCUT2D eigenvalue weighted by Gasteiger charge is -1.83. The Morgan fingerprint density at radius 3 is 3.00 bits per heavy atom. The Labute approximate surface area is 57.6 Å². The van der Waals surface area contributed by atoms with Gasteiger partial charge in [0.05, 0.1) is 11.7 Å². The molecule has 0 aromatic carbocycles. The minimum Gasteiger partial charge on any atom is -0.251 e. The maximum absolute atomic E-state index is 11.7. The van der Waals surface area contributed by atoms with E-state index < -0.39 is 0 Å². The molecule has 0 atom stereocenters. The van der Waals surface area contributed by atoms with Gasteiger partial charge < -0.3 is 0 Å². The van der Waals surface area contributed by atoms with Crippen LogP contribution in [0.5, 0.6) is 0 Å². The standard InChI is InChI=1S/C6H8FNS/c1-5-4-9-6(8-5)2-3-7/h4H,2-3H2,1H3. The zero-order chi connectivity index (χ0) is 6.69. The lowest BCUT2D eigenvalue weighted by molar-refractivity contribution is 0.494. The Morgan fingerprint density at radius 2 is 2.56 bits per heavy atom. The number of aromatic nitrogens is 1. The summed E-state index contributed by atoms with van der Waals surface area (Å²) in [5.74, 6) is 0. The molecule has 9 heavy (non-hydrogen) atoms. The summed E-state index contributed by atoms with van der Waals surface area (Å²) in [5, 5.41) is 2.83. The summed E-state index contributed by atoms with van der Waals surface area (Å²) < 4.78 is 11.7. The zero-order valence-electron chi connectivity index (χ0n) is 5.22. The average Bonchev–Trinajstić information content (AvgIpc) is 2.17. The molecule has 1 aromatic heterocycles. The number of aryl methyl sites for hydroxylation is 2. The predicted octanol–water partition coefficient (Wildman–Crippen LogP) is 1.96. The number of hydrogen-bond acceptors (Lipinski definition) is 2. The summed E-state index contributed by atoms with van der Waals surface area (Å²) in [5.41, 5.74) is 0.989. The summed E-state index contributed by atoms with van der Waals surface area (Å²) >= 11 is 1.52. The van der Waals surface area contributed by atoms with Crippen molar-refractivity contribution in [2.75, 3.05) is 6.67 Å². The van der Waals surface area contributed by atoms with Crippen molar-refractivity contribution in [2.45, 2.75) is 13.3 Å². The first-order chi connectivity index (χ1) is 4.33. The highest BCUT2D eigenvalue weighted by molar-refractivity contribution is 7.09. The smallest absolute Gasteiger partial charge is 0.0958 e. The number of halogens is 1. The first kappa shape index (κ1) is 6.68. The molecule has 1 aromatic rings.